The average molecular weight is 446 g/mol. The number of rotatable bonds is 8. The fraction of sp³-hybridized carbons (Fsp3) is 0.231. The van der Waals surface area contributed by atoms with E-state index >= 15 is 0 Å². The van der Waals surface area contributed by atoms with Gasteiger partial charge in [-0.3, -0.25) is 4.79 Å². The van der Waals surface area contributed by atoms with Crippen LogP contribution < -0.4 is 4.74 Å². The Labute approximate surface area is 192 Å². The van der Waals surface area contributed by atoms with E-state index in [0.717, 1.165) is 45.1 Å². The molecule has 4 rings (SSSR count). The van der Waals surface area contributed by atoms with Gasteiger partial charge in [-0.2, -0.15) is 0 Å². The van der Waals surface area contributed by atoms with E-state index in [2.05, 4.69) is 35.3 Å². The third-order valence-corrected chi connectivity index (χ3v) is 6.33. The van der Waals surface area contributed by atoms with Crippen LogP contribution in [-0.4, -0.2) is 40.7 Å². The Bertz CT molecular complexity index is 1220. The van der Waals surface area contributed by atoms with Gasteiger partial charge < -0.3 is 14.6 Å². The summed E-state index contributed by atoms with van der Waals surface area (Å²) < 4.78 is 5.29. The summed E-state index contributed by atoms with van der Waals surface area (Å²) >= 11 is 1.45. The molecule has 5 nitrogen and oxygen atoms in total. The summed E-state index contributed by atoms with van der Waals surface area (Å²) in [5, 5.41) is 3.04. The quantitative estimate of drug-likeness (QED) is 0.378. The lowest BCUT2D eigenvalue weighted by Crippen LogP contribution is -2.27. The molecule has 0 saturated heterocycles. The van der Waals surface area contributed by atoms with Crippen LogP contribution in [0.15, 0.2) is 71.9 Å². The predicted octanol–water partition coefficient (Wildman–Crippen LogP) is 5.22. The molecule has 0 aliphatic heterocycles. The topological polar surface area (TPSA) is 58.2 Å². The minimum atomic E-state index is 0.0727. The van der Waals surface area contributed by atoms with Crippen LogP contribution in [0.1, 0.15) is 22.5 Å². The van der Waals surface area contributed by atoms with Gasteiger partial charge in [-0.05, 0) is 47.0 Å². The SMILES string of the molecule is COc1ccc2cc(CN(C)C(=O)CSc3nc(Cc4ccccc4)c(C)[nH]3)ccc2c1. The van der Waals surface area contributed by atoms with Crippen LogP contribution in [0.25, 0.3) is 10.8 Å². The van der Waals surface area contributed by atoms with Crippen molar-refractivity contribution in [2.45, 2.75) is 25.0 Å². The van der Waals surface area contributed by atoms with Crippen molar-refractivity contribution >= 4 is 28.4 Å². The van der Waals surface area contributed by atoms with Crippen LogP contribution in [0.4, 0.5) is 0 Å². The monoisotopic (exact) mass is 445 g/mol. The predicted molar refractivity (Wildman–Crippen MR) is 130 cm³/mol. The molecule has 1 heterocycles. The van der Waals surface area contributed by atoms with Gasteiger partial charge >= 0.3 is 0 Å². The van der Waals surface area contributed by atoms with Gasteiger partial charge in [0.15, 0.2) is 5.16 Å². The number of thioether (sulfide) groups is 1. The summed E-state index contributed by atoms with van der Waals surface area (Å²) in [5.41, 5.74) is 4.39. The van der Waals surface area contributed by atoms with Gasteiger partial charge in [-0.1, -0.05) is 60.3 Å². The Morgan fingerprint density at radius 1 is 1.03 bits per heavy atom. The zero-order chi connectivity index (χ0) is 22.5. The summed E-state index contributed by atoms with van der Waals surface area (Å²) in [6, 6.07) is 22.5. The number of aryl methyl sites for hydroxylation is 1. The number of fused-ring (bicyclic) bond motifs is 1. The summed E-state index contributed by atoms with van der Waals surface area (Å²) in [5.74, 6) is 1.26. The van der Waals surface area contributed by atoms with Crippen LogP contribution in [0.5, 0.6) is 5.75 Å². The highest BCUT2D eigenvalue weighted by molar-refractivity contribution is 7.99. The molecule has 4 aromatic rings. The van der Waals surface area contributed by atoms with Crippen molar-refractivity contribution in [3.63, 3.8) is 0 Å². The number of nitrogens with one attached hydrogen (secondary N) is 1. The van der Waals surface area contributed by atoms with E-state index in [9.17, 15) is 4.79 Å². The summed E-state index contributed by atoms with van der Waals surface area (Å²) in [7, 11) is 3.51. The van der Waals surface area contributed by atoms with Gasteiger partial charge in [0, 0.05) is 25.7 Å². The Hall–Kier alpha value is -3.25. The molecule has 164 valence electrons. The molecular formula is C26H27N3O2S. The number of aromatic amines is 1. The number of ether oxygens (including phenoxy) is 1. The number of hydrogen-bond acceptors (Lipinski definition) is 4. The highest BCUT2D eigenvalue weighted by atomic mass is 32.2. The van der Waals surface area contributed by atoms with E-state index < -0.39 is 0 Å². The number of H-pyrrole nitrogens is 1. The second kappa shape index (κ2) is 9.92. The number of nitrogens with zero attached hydrogens (tertiary/aromatic N) is 2. The number of carbonyl (C=O) groups excluding carboxylic acids is 1. The maximum absolute atomic E-state index is 12.7. The molecule has 0 fully saturated rings. The van der Waals surface area contributed by atoms with E-state index in [1.807, 2.05) is 50.4 Å². The van der Waals surface area contributed by atoms with Crippen LogP contribution in [0, 0.1) is 6.92 Å². The number of hydrogen-bond donors (Lipinski definition) is 1. The largest absolute Gasteiger partial charge is 0.497 e. The normalized spacial score (nSPS) is 11.0. The summed E-state index contributed by atoms with van der Waals surface area (Å²) in [6.07, 6.45) is 0.783. The standard InChI is InChI=1S/C26H27N3O2S/c1-18-24(14-19-7-5-4-6-8-19)28-26(27-18)32-17-25(30)29(2)16-20-9-10-22-15-23(31-3)12-11-21(22)13-20/h4-13,15H,14,16-17H2,1-3H3,(H,27,28). The van der Waals surface area contributed by atoms with Crippen molar-refractivity contribution in [1.82, 2.24) is 14.9 Å². The van der Waals surface area contributed by atoms with Gasteiger partial charge in [0.25, 0.3) is 0 Å². The molecule has 0 saturated carbocycles. The zero-order valence-corrected chi connectivity index (χ0v) is 19.4. The Balaban J connectivity index is 1.34. The van der Waals surface area contributed by atoms with Gasteiger partial charge in [0.2, 0.25) is 5.91 Å². The van der Waals surface area contributed by atoms with Gasteiger partial charge in [0.1, 0.15) is 5.75 Å². The highest BCUT2D eigenvalue weighted by Crippen LogP contribution is 2.23. The second-order valence-corrected chi connectivity index (χ2v) is 8.83. The summed E-state index contributed by atoms with van der Waals surface area (Å²) in [6.45, 7) is 2.59. The van der Waals surface area contributed by atoms with E-state index in [-0.39, 0.29) is 5.91 Å². The molecule has 6 heteroatoms. The number of imidazole rings is 1. The highest BCUT2D eigenvalue weighted by Gasteiger charge is 2.13. The van der Waals surface area contributed by atoms with E-state index in [1.165, 1.54) is 17.3 Å². The molecule has 0 spiro atoms. The van der Waals surface area contributed by atoms with Gasteiger partial charge in [-0.25, -0.2) is 4.98 Å². The van der Waals surface area contributed by atoms with Crippen LogP contribution in [0.3, 0.4) is 0 Å². The molecule has 32 heavy (non-hydrogen) atoms. The molecule has 1 N–H and O–H groups in total. The second-order valence-electron chi connectivity index (χ2n) is 7.86. The first-order valence-corrected chi connectivity index (χ1v) is 11.5. The number of amides is 1. The smallest absolute Gasteiger partial charge is 0.233 e. The lowest BCUT2D eigenvalue weighted by atomic mass is 10.1. The number of methoxy groups -OCH3 is 1. The molecule has 0 bridgehead atoms. The first-order chi connectivity index (χ1) is 15.5. The molecular weight excluding hydrogens is 418 g/mol. The fourth-order valence-electron chi connectivity index (χ4n) is 3.60. The number of benzene rings is 3. The first kappa shape index (κ1) is 22.0. The lowest BCUT2D eigenvalue weighted by molar-refractivity contribution is -0.127. The Morgan fingerprint density at radius 2 is 1.78 bits per heavy atom. The van der Waals surface area contributed by atoms with Crippen LogP contribution in [0.2, 0.25) is 0 Å². The van der Waals surface area contributed by atoms with E-state index in [4.69, 9.17) is 9.72 Å². The van der Waals surface area contributed by atoms with Crippen molar-refractivity contribution in [2.24, 2.45) is 0 Å². The zero-order valence-electron chi connectivity index (χ0n) is 18.6. The minimum absolute atomic E-state index is 0.0727. The van der Waals surface area contributed by atoms with Crippen molar-refractivity contribution in [2.75, 3.05) is 19.9 Å². The summed E-state index contributed by atoms with van der Waals surface area (Å²) in [4.78, 5) is 22.5. The van der Waals surface area contributed by atoms with Crippen LogP contribution >= 0.6 is 11.8 Å². The van der Waals surface area contributed by atoms with Gasteiger partial charge in [0.05, 0.1) is 18.6 Å². The fourth-order valence-corrected chi connectivity index (χ4v) is 4.48. The van der Waals surface area contributed by atoms with Crippen molar-refractivity contribution in [1.29, 1.82) is 0 Å². The molecule has 1 aromatic heterocycles. The van der Waals surface area contributed by atoms with Crippen molar-refractivity contribution < 1.29 is 9.53 Å². The molecule has 3 aromatic carbocycles. The molecule has 0 aliphatic carbocycles. The maximum Gasteiger partial charge on any atom is 0.233 e. The first-order valence-electron chi connectivity index (χ1n) is 10.5. The Kier molecular flexibility index (Phi) is 6.81. The van der Waals surface area contributed by atoms with Gasteiger partial charge in [-0.15, -0.1) is 0 Å². The molecule has 0 radical (unpaired) electrons. The Morgan fingerprint density at radius 3 is 2.56 bits per heavy atom. The molecule has 0 unspecified atom stereocenters. The minimum Gasteiger partial charge on any atom is -0.497 e. The third-order valence-electron chi connectivity index (χ3n) is 5.47. The van der Waals surface area contributed by atoms with Crippen molar-refractivity contribution in [3.05, 3.63) is 89.2 Å². The number of carbonyl (C=O) groups is 1. The van der Waals surface area contributed by atoms with E-state index in [1.54, 1.807) is 12.0 Å². The molecule has 1 amide bonds. The lowest BCUT2D eigenvalue weighted by Gasteiger charge is -2.17. The number of aromatic nitrogens is 2. The maximum atomic E-state index is 12.7. The molecule has 0 aliphatic rings. The average Bonchev–Trinajstić information content (AvgIpc) is 3.16. The third kappa shape index (κ3) is 5.32. The van der Waals surface area contributed by atoms with E-state index in [0.29, 0.717) is 12.3 Å². The van der Waals surface area contributed by atoms with Crippen molar-refractivity contribution in [3.8, 4) is 5.75 Å². The molecule has 0 atom stereocenters. The van der Waals surface area contributed by atoms with Crippen LogP contribution in [-0.2, 0) is 17.8 Å².